The van der Waals surface area contributed by atoms with E-state index >= 15 is 0 Å². The molecule has 7 heteroatoms. The highest BCUT2D eigenvalue weighted by Gasteiger charge is 2.27. The quantitative estimate of drug-likeness (QED) is 0.723. The van der Waals surface area contributed by atoms with Gasteiger partial charge in [0, 0.05) is 12.6 Å². The normalized spacial score (nSPS) is 11.9. The zero-order chi connectivity index (χ0) is 16.0. The fourth-order valence-electron chi connectivity index (χ4n) is 1.83. The summed E-state index contributed by atoms with van der Waals surface area (Å²) in [5, 5.41) is 0. The van der Waals surface area contributed by atoms with Crippen molar-refractivity contribution in [3.63, 3.8) is 0 Å². The molecule has 5 nitrogen and oxygen atoms in total. The predicted molar refractivity (Wildman–Crippen MR) is 76.7 cm³/mol. The Morgan fingerprint density at radius 1 is 1.29 bits per heavy atom. The van der Waals surface area contributed by atoms with Crippen LogP contribution < -0.4 is 0 Å². The van der Waals surface area contributed by atoms with Crippen LogP contribution in [0.15, 0.2) is 29.2 Å². The van der Waals surface area contributed by atoms with Gasteiger partial charge in [-0.15, -0.1) is 0 Å². The van der Waals surface area contributed by atoms with E-state index in [0.717, 1.165) is 12.1 Å². The summed E-state index contributed by atoms with van der Waals surface area (Å²) in [5.41, 5.74) is 0. The summed E-state index contributed by atoms with van der Waals surface area (Å²) in [4.78, 5) is 11.4. The van der Waals surface area contributed by atoms with E-state index in [0.29, 0.717) is 0 Å². The van der Waals surface area contributed by atoms with E-state index in [1.165, 1.54) is 16.4 Å². The molecule has 0 atom stereocenters. The first-order valence-electron chi connectivity index (χ1n) is 6.72. The SMILES string of the molecule is CCOC(=O)CCN(C(C)C)S(=O)(=O)c1ccc(F)cc1. The number of sulfonamides is 1. The molecule has 0 fully saturated rings. The van der Waals surface area contributed by atoms with E-state index in [1.807, 2.05) is 0 Å². The zero-order valence-corrected chi connectivity index (χ0v) is 13.2. The lowest BCUT2D eigenvalue weighted by molar-refractivity contribution is -0.143. The van der Waals surface area contributed by atoms with Gasteiger partial charge >= 0.3 is 5.97 Å². The van der Waals surface area contributed by atoms with Crippen LogP contribution in [0, 0.1) is 5.82 Å². The van der Waals surface area contributed by atoms with Crippen molar-refractivity contribution in [2.45, 2.75) is 38.1 Å². The number of hydrogen-bond acceptors (Lipinski definition) is 4. The average molecular weight is 317 g/mol. The topological polar surface area (TPSA) is 63.7 Å². The molecule has 21 heavy (non-hydrogen) atoms. The highest BCUT2D eigenvalue weighted by Crippen LogP contribution is 2.19. The Hall–Kier alpha value is -1.47. The highest BCUT2D eigenvalue weighted by molar-refractivity contribution is 7.89. The number of nitrogens with zero attached hydrogens (tertiary/aromatic N) is 1. The lowest BCUT2D eigenvalue weighted by atomic mass is 10.3. The largest absolute Gasteiger partial charge is 0.466 e. The van der Waals surface area contributed by atoms with Gasteiger partial charge in [0.05, 0.1) is 17.9 Å². The van der Waals surface area contributed by atoms with Gasteiger partial charge in [-0.25, -0.2) is 12.8 Å². The third-order valence-electron chi connectivity index (χ3n) is 2.84. The Morgan fingerprint density at radius 3 is 2.33 bits per heavy atom. The molecule has 0 spiro atoms. The van der Waals surface area contributed by atoms with Crippen molar-refractivity contribution in [2.75, 3.05) is 13.2 Å². The number of rotatable bonds is 7. The number of carbonyl (C=O) groups is 1. The van der Waals surface area contributed by atoms with Gasteiger partial charge in [0.2, 0.25) is 10.0 Å². The Bertz CT molecular complexity index is 569. The van der Waals surface area contributed by atoms with Crippen LogP contribution in [-0.2, 0) is 19.6 Å². The molecule has 1 aromatic carbocycles. The molecule has 0 saturated heterocycles. The van der Waals surface area contributed by atoms with Crippen LogP contribution >= 0.6 is 0 Å². The summed E-state index contributed by atoms with van der Waals surface area (Å²) >= 11 is 0. The molecule has 0 heterocycles. The van der Waals surface area contributed by atoms with Crippen molar-refractivity contribution in [3.8, 4) is 0 Å². The molecule has 0 aliphatic heterocycles. The van der Waals surface area contributed by atoms with Gasteiger partial charge in [0.15, 0.2) is 0 Å². The Kier molecular flexibility index (Phi) is 6.29. The van der Waals surface area contributed by atoms with E-state index in [1.54, 1.807) is 20.8 Å². The van der Waals surface area contributed by atoms with E-state index < -0.39 is 21.8 Å². The number of esters is 1. The average Bonchev–Trinajstić information content (AvgIpc) is 2.39. The summed E-state index contributed by atoms with van der Waals surface area (Å²) in [6, 6.07) is 4.29. The van der Waals surface area contributed by atoms with Crippen LogP contribution in [0.1, 0.15) is 27.2 Å². The van der Waals surface area contributed by atoms with E-state index in [9.17, 15) is 17.6 Å². The monoisotopic (exact) mass is 317 g/mol. The maximum absolute atomic E-state index is 12.9. The third kappa shape index (κ3) is 4.78. The van der Waals surface area contributed by atoms with Crippen molar-refractivity contribution in [3.05, 3.63) is 30.1 Å². The van der Waals surface area contributed by atoms with Gasteiger partial charge in [-0.05, 0) is 45.0 Å². The number of halogens is 1. The molecular weight excluding hydrogens is 297 g/mol. The maximum Gasteiger partial charge on any atom is 0.307 e. The summed E-state index contributed by atoms with van der Waals surface area (Å²) in [6.07, 6.45) is -0.0214. The van der Waals surface area contributed by atoms with Crippen LogP contribution in [-0.4, -0.2) is 37.9 Å². The van der Waals surface area contributed by atoms with E-state index in [2.05, 4.69) is 0 Å². The number of carbonyl (C=O) groups excluding carboxylic acids is 1. The number of benzene rings is 1. The molecule has 0 aliphatic carbocycles. The van der Waals surface area contributed by atoms with Gasteiger partial charge < -0.3 is 4.74 Å². The number of ether oxygens (including phenoxy) is 1. The van der Waals surface area contributed by atoms with Crippen molar-refractivity contribution in [2.24, 2.45) is 0 Å². The predicted octanol–water partition coefficient (Wildman–Crippen LogP) is 2.18. The first kappa shape index (κ1) is 17.6. The zero-order valence-electron chi connectivity index (χ0n) is 12.4. The molecule has 0 radical (unpaired) electrons. The smallest absolute Gasteiger partial charge is 0.307 e. The first-order valence-corrected chi connectivity index (χ1v) is 8.16. The fraction of sp³-hybridized carbons (Fsp3) is 0.500. The Morgan fingerprint density at radius 2 is 1.86 bits per heavy atom. The van der Waals surface area contributed by atoms with Gasteiger partial charge in [0.25, 0.3) is 0 Å². The fourth-order valence-corrected chi connectivity index (χ4v) is 3.47. The minimum Gasteiger partial charge on any atom is -0.466 e. The van der Waals surface area contributed by atoms with Crippen LogP contribution in [0.5, 0.6) is 0 Å². The van der Waals surface area contributed by atoms with Crippen molar-refractivity contribution < 1.29 is 22.3 Å². The molecule has 0 aliphatic rings. The molecule has 118 valence electrons. The lowest BCUT2D eigenvalue weighted by Crippen LogP contribution is -2.38. The van der Waals surface area contributed by atoms with Crippen LogP contribution in [0.25, 0.3) is 0 Å². The summed E-state index contributed by atoms with van der Waals surface area (Å²) in [7, 11) is -3.77. The lowest BCUT2D eigenvalue weighted by Gasteiger charge is -2.25. The van der Waals surface area contributed by atoms with Crippen molar-refractivity contribution in [1.82, 2.24) is 4.31 Å². The van der Waals surface area contributed by atoms with Crippen molar-refractivity contribution in [1.29, 1.82) is 0 Å². The second-order valence-electron chi connectivity index (χ2n) is 4.72. The minimum atomic E-state index is -3.77. The molecule has 0 bridgehead atoms. The van der Waals surface area contributed by atoms with E-state index in [-0.39, 0.29) is 30.5 Å². The standard InChI is InChI=1S/C14H20FNO4S/c1-4-20-14(17)9-10-16(11(2)3)21(18,19)13-7-5-12(15)6-8-13/h5-8,11H,4,9-10H2,1-3H3. The second-order valence-corrected chi connectivity index (χ2v) is 6.61. The van der Waals surface area contributed by atoms with Gasteiger partial charge in [0.1, 0.15) is 5.82 Å². The number of hydrogen-bond donors (Lipinski definition) is 0. The molecular formula is C14H20FNO4S. The molecule has 1 aromatic rings. The molecule has 1 rings (SSSR count). The van der Waals surface area contributed by atoms with E-state index in [4.69, 9.17) is 4.74 Å². The Labute approximate surface area is 124 Å². The minimum absolute atomic E-state index is 0.00135. The molecule has 0 N–H and O–H groups in total. The summed E-state index contributed by atoms with van der Waals surface area (Å²) < 4.78 is 43.9. The Balaban J connectivity index is 2.93. The van der Waals surface area contributed by atoms with Gasteiger partial charge in [-0.3, -0.25) is 4.79 Å². The second kappa shape index (κ2) is 7.51. The summed E-state index contributed by atoms with van der Waals surface area (Å²) in [6.45, 7) is 5.40. The molecule has 0 saturated carbocycles. The third-order valence-corrected chi connectivity index (χ3v) is 4.93. The molecule has 0 aromatic heterocycles. The maximum atomic E-state index is 12.9. The van der Waals surface area contributed by atoms with Crippen LogP contribution in [0.3, 0.4) is 0 Å². The van der Waals surface area contributed by atoms with Gasteiger partial charge in [-0.2, -0.15) is 4.31 Å². The molecule has 0 amide bonds. The summed E-state index contributed by atoms with van der Waals surface area (Å²) in [5.74, 6) is -0.950. The van der Waals surface area contributed by atoms with Gasteiger partial charge in [-0.1, -0.05) is 0 Å². The highest BCUT2D eigenvalue weighted by atomic mass is 32.2. The van der Waals surface area contributed by atoms with Crippen molar-refractivity contribution >= 4 is 16.0 Å². The molecule has 0 unspecified atom stereocenters. The van der Waals surface area contributed by atoms with Crippen LogP contribution in [0.4, 0.5) is 4.39 Å². The first-order chi connectivity index (χ1) is 9.78. The van der Waals surface area contributed by atoms with Crippen LogP contribution in [0.2, 0.25) is 0 Å².